The molecule has 2 nitrogen and oxygen atoms in total. The van der Waals surface area contributed by atoms with Crippen LogP contribution in [0.4, 0.5) is 0 Å². The quantitative estimate of drug-likeness (QED) is 0.804. The summed E-state index contributed by atoms with van der Waals surface area (Å²) in [4.78, 5) is 1.36. The molecule has 1 N–H and O–H groups in total. The van der Waals surface area contributed by atoms with E-state index in [4.69, 9.17) is 0 Å². The van der Waals surface area contributed by atoms with Crippen LogP contribution in [0.2, 0.25) is 0 Å². The second kappa shape index (κ2) is 6.02. The molecule has 0 bridgehead atoms. The van der Waals surface area contributed by atoms with E-state index in [0.717, 1.165) is 6.42 Å². The van der Waals surface area contributed by atoms with E-state index in [9.17, 15) is 5.26 Å². The fourth-order valence-electron chi connectivity index (χ4n) is 3.29. The fourth-order valence-corrected chi connectivity index (χ4v) is 4.52. The van der Waals surface area contributed by atoms with Crippen LogP contribution in [0.25, 0.3) is 0 Å². The highest BCUT2D eigenvalue weighted by atomic mass is 32.2. The Morgan fingerprint density at radius 3 is 2.86 bits per heavy atom. The van der Waals surface area contributed by atoms with Crippen LogP contribution in [0.1, 0.15) is 50.7 Å². The molecule has 0 spiro atoms. The second-order valence-corrected chi connectivity index (χ2v) is 8.29. The molecule has 1 fully saturated rings. The van der Waals surface area contributed by atoms with E-state index in [2.05, 4.69) is 36.5 Å². The van der Waals surface area contributed by atoms with Gasteiger partial charge in [-0.1, -0.05) is 13.0 Å². The van der Waals surface area contributed by atoms with Crippen molar-refractivity contribution >= 4 is 11.8 Å². The topological polar surface area (TPSA) is 35.8 Å². The van der Waals surface area contributed by atoms with Crippen LogP contribution in [0.3, 0.4) is 0 Å². The Morgan fingerprint density at radius 2 is 2.14 bits per heavy atom. The van der Waals surface area contributed by atoms with Crippen LogP contribution in [-0.4, -0.2) is 16.8 Å². The van der Waals surface area contributed by atoms with Gasteiger partial charge in [0.05, 0.1) is 6.07 Å². The summed E-state index contributed by atoms with van der Waals surface area (Å²) in [6.07, 6.45) is 7.12. The molecular weight excluding hydrogens is 276 g/mol. The molecule has 3 heteroatoms. The number of nitriles is 1. The summed E-state index contributed by atoms with van der Waals surface area (Å²) in [6, 6.07) is 9.97. The highest BCUT2D eigenvalue weighted by Crippen LogP contribution is 2.33. The monoisotopic (exact) mass is 300 g/mol. The Morgan fingerprint density at radius 1 is 1.38 bits per heavy atom. The molecule has 0 radical (unpaired) electrons. The van der Waals surface area contributed by atoms with Crippen LogP contribution in [-0.2, 0) is 12.8 Å². The van der Waals surface area contributed by atoms with E-state index >= 15 is 0 Å². The predicted octanol–water partition coefficient (Wildman–Crippen LogP) is 4.08. The van der Waals surface area contributed by atoms with Crippen LogP contribution < -0.4 is 5.32 Å². The minimum Gasteiger partial charge on any atom is -0.297 e. The van der Waals surface area contributed by atoms with Crippen molar-refractivity contribution < 1.29 is 0 Å². The number of hydrogen-bond donors (Lipinski definition) is 1. The predicted molar refractivity (Wildman–Crippen MR) is 88.6 cm³/mol. The molecule has 0 aromatic heterocycles. The zero-order valence-electron chi connectivity index (χ0n) is 13.0. The molecule has 0 heterocycles. The SMILES string of the molecule is CC(CC(C)(C#N)NC1CC1)Sc1ccc2c(c1)CCC2. The third kappa shape index (κ3) is 3.81. The zero-order chi connectivity index (χ0) is 14.9. The van der Waals surface area contributed by atoms with Gasteiger partial charge in [-0.05, 0) is 68.7 Å². The number of fused-ring (bicyclic) bond motifs is 1. The number of nitrogens with zero attached hydrogens (tertiary/aromatic N) is 1. The van der Waals surface area contributed by atoms with Gasteiger partial charge in [0.1, 0.15) is 5.54 Å². The number of hydrogen-bond acceptors (Lipinski definition) is 3. The van der Waals surface area contributed by atoms with Crippen LogP contribution in [0.5, 0.6) is 0 Å². The molecule has 1 saturated carbocycles. The van der Waals surface area contributed by atoms with Gasteiger partial charge in [-0.2, -0.15) is 5.26 Å². The Bertz CT molecular complexity index is 559. The number of benzene rings is 1. The summed E-state index contributed by atoms with van der Waals surface area (Å²) in [6.45, 7) is 4.28. The highest BCUT2D eigenvalue weighted by molar-refractivity contribution is 7.99. The van der Waals surface area contributed by atoms with Crippen molar-refractivity contribution in [3.8, 4) is 6.07 Å². The fraction of sp³-hybridized carbons (Fsp3) is 0.611. The lowest BCUT2D eigenvalue weighted by Gasteiger charge is -2.26. The smallest absolute Gasteiger partial charge is 0.105 e. The lowest BCUT2D eigenvalue weighted by molar-refractivity contribution is 0.415. The van der Waals surface area contributed by atoms with Gasteiger partial charge in [-0.3, -0.25) is 5.32 Å². The minimum atomic E-state index is -0.385. The molecule has 112 valence electrons. The van der Waals surface area contributed by atoms with Gasteiger partial charge < -0.3 is 0 Å². The van der Waals surface area contributed by atoms with Crippen LogP contribution >= 0.6 is 11.8 Å². The Hall–Kier alpha value is -0.980. The van der Waals surface area contributed by atoms with Crippen molar-refractivity contribution in [2.75, 3.05) is 0 Å². The molecule has 1 aromatic carbocycles. The van der Waals surface area contributed by atoms with Gasteiger partial charge in [0.25, 0.3) is 0 Å². The number of nitrogens with one attached hydrogen (secondary N) is 1. The van der Waals surface area contributed by atoms with Gasteiger partial charge in [-0.15, -0.1) is 11.8 Å². The largest absolute Gasteiger partial charge is 0.297 e. The third-order valence-electron chi connectivity index (χ3n) is 4.45. The molecule has 3 rings (SSSR count). The number of rotatable bonds is 6. The average molecular weight is 300 g/mol. The van der Waals surface area contributed by atoms with E-state index in [1.165, 1.54) is 48.1 Å². The maximum Gasteiger partial charge on any atom is 0.105 e. The summed E-state index contributed by atoms with van der Waals surface area (Å²) in [5.74, 6) is 0. The molecule has 0 amide bonds. The van der Waals surface area contributed by atoms with Crippen molar-refractivity contribution in [2.45, 2.75) is 74.1 Å². The van der Waals surface area contributed by atoms with Gasteiger partial charge in [0, 0.05) is 16.2 Å². The summed E-state index contributed by atoms with van der Waals surface area (Å²) >= 11 is 1.91. The second-order valence-electron chi connectivity index (χ2n) is 6.78. The van der Waals surface area contributed by atoms with E-state index in [1.807, 2.05) is 18.7 Å². The van der Waals surface area contributed by atoms with Crippen molar-refractivity contribution in [1.82, 2.24) is 5.32 Å². The number of aryl methyl sites for hydroxylation is 2. The lowest BCUT2D eigenvalue weighted by atomic mass is 9.98. The molecule has 2 atom stereocenters. The molecule has 0 saturated heterocycles. The molecular formula is C18H24N2S. The molecule has 0 aliphatic heterocycles. The lowest BCUT2D eigenvalue weighted by Crippen LogP contribution is -2.44. The Labute approximate surface area is 132 Å². The standard InChI is InChI=1S/C18H24N2S/c1-13(11-18(2,12-19)20-16-7-8-16)21-17-9-6-14-4-3-5-15(14)10-17/h6,9-10,13,16,20H,3-5,7-8,11H2,1-2H3. The minimum absolute atomic E-state index is 0.385. The van der Waals surface area contributed by atoms with E-state index < -0.39 is 0 Å². The van der Waals surface area contributed by atoms with Crippen LogP contribution in [0, 0.1) is 11.3 Å². The highest BCUT2D eigenvalue weighted by Gasteiger charge is 2.33. The normalized spacial score (nSPS) is 21.4. The van der Waals surface area contributed by atoms with Crippen molar-refractivity contribution in [3.63, 3.8) is 0 Å². The summed E-state index contributed by atoms with van der Waals surface area (Å²) in [7, 11) is 0. The summed E-state index contributed by atoms with van der Waals surface area (Å²) in [5.41, 5.74) is 2.68. The zero-order valence-corrected chi connectivity index (χ0v) is 13.8. The average Bonchev–Trinajstić information content (AvgIpc) is 3.12. The Kier molecular flexibility index (Phi) is 4.28. The van der Waals surface area contributed by atoms with E-state index in [-0.39, 0.29) is 5.54 Å². The third-order valence-corrected chi connectivity index (χ3v) is 5.54. The molecule has 2 unspecified atom stereocenters. The van der Waals surface area contributed by atoms with Gasteiger partial charge in [0.15, 0.2) is 0 Å². The molecule has 21 heavy (non-hydrogen) atoms. The van der Waals surface area contributed by atoms with Crippen molar-refractivity contribution in [3.05, 3.63) is 29.3 Å². The maximum atomic E-state index is 9.48. The summed E-state index contributed by atoms with van der Waals surface area (Å²) in [5, 5.41) is 13.4. The van der Waals surface area contributed by atoms with Gasteiger partial charge in [0.2, 0.25) is 0 Å². The van der Waals surface area contributed by atoms with Gasteiger partial charge in [-0.25, -0.2) is 0 Å². The molecule has 2 aliphatic carbocycles. The molecule has 1 aromatic rings. The Balaban J connectivity index is 1.60. The first-order valence-corrected chi connectivity index (χ1v) is 8.93. The van der Waals surface area contributed by atoms with E-state index in [0.29, 0.717) is 11.3 Å². The first-order valence-electron chi connectivity index (χ1n) is 8.05. The van der Waals surface area contributed by atoms with Crippen LogP contribution in [0.15, 0.2) is 23.1 Å². The van der Waals surface area contributed by atoms with Crippen molar-refractivity contribution in [1.29, 1.82) is 5.26 Å². The summed E-state index contributed by atoms with van der Waals surface area (Å²) < 4.78 is 0. The first kappa shape index (κ1) is 14.9. The van der Waals surface area contributed by atoms with E-state index in [1.54, 1.807) is 0 Å². The molecule has 2 aliphatic rings. The maximum absolute atomic E-state index is 9.48. The van der Waals surface area contributed by atoms with Crippen molar-refractivity contribution in [2.24, 2.45) is 0 Å². The number of thioether (sulfide) groups is 1. The first-order chi connectivity index (χ1) is 10.1. The van der Waals surface area contributed by atoms with Gasteiger partial charge >= 0.3 is 0 Å².